The van der Waals surface area contributed by atoms with Gasteiger partial charge in [-0.3, -0.25) is 4.79 Å². The number of rotatable bonds is 2. The molecule has 0 amide bonds. The van der Waals surface area contributed by atoms with Crippen molar-refractivity contribution in [1.29, 1.82) is 0 Å². The van der Waals surface area contributed by atoms with Crippen molar-refractivity contribution in [3.8, 4) is 11.5 Å². The standard InChI is InChI=1S/C20H16FNO3/c1-25-18-7-2-11(9-17(18)23)8-12-3-5-16-19(20(12)24)14-10-13(21)4-6-15(14)22-16/h2,4,6-10,22-23H,3,5H2,1H3/b12-8-. The first-order valence-corrected chi connectivity index (χ1v) is 7.99. The molecule has 0 atom stereocenters. The van der Waals surface area contributed by atoms with Gasteiger partial charge < -0.3 is 14.8 Å². The number of ketones is 1. The maximum Gasteiger partial charge on any atom is 0.191 e. The Kier molecular flexibility index (Phi) is 3.57. The molecular weight excluding hydrogens is 321 g/mol. The van der Waals surface area contributed by atoms with E-state index >= 15 is 0 Å². The first-order chi connectivity index (χ1) is 12.1. The third kappa shape index (κ3) is 2.58. The number of halogens is 1. The Morgan fingerprint density at radius 2 is 2.04 bits per heavy atom. The van der Waals surface area contributed by atoms with Gasteiger partial charge in [0.1, 0.15) is 5.82 Å². The van der Waals surface area contributed by atoms with Crippen molar-refractivity contribution < 1.29 is 19.0 Å². The summed E-state index contributed by atoms with van der Waals surface area (Å²) in [6.07, 6.45) is 3.04. The number of phenolic OH excluding ortho intramolecular Hbond substituents is 1. The first-order valence-electron chi connectivity index (χ1n) is 7.99. The van der Waals surface area contributed by atoms with Gasteiger partial charge in [0.05, 0.1) is 12.7 Å². The van der Waals surface area contributed by atoms with E-state index in [0.717, 1.165) is 16.8 Å². The van der Waals surface area contributed by atoms with E-state index in [-0.39, 0.29) is 17.3 Å². The van der Waals surface area contributed by atoms with E-state index in [4.69, 9.17) is 4.74 Å². The Balaban J connectivity index is 1.77. The Morgan fingerprint density at radius 3 is 2.80 bits per heavy atom. The largest absolute Gasteiger partial charge is 0.504 e. The number of benzene rings is 2. The summed E-state index contributed by atoms with van der Waals surface area (Å²) in [6, 6.07) is 9.42. The van der Waals surface area contributed by atoms with Crippen molar-refractivity contribution >= 4 is 22.8 Å². The molecule has 0 bridgehead atoms. The van der Waals surface area contributed by atoms with Gasteiger partial charge in [-0.15, -0.1) is 0 Å². The highest BCUT2D eigenvalue weighted by atomic mass is 19.1. The molecule has 1 heterocycles. The third-order valence-electron chi connectivity index (χ3n) is 4.55. The van der Waals surface area contributed by atoms with Crippen LogP contribution < -0.4 is 4.74 Å². The highest BCUT2D eigenvalue weighted by Gasteiger charge is 2.26. The fraction of sp³-hybridized carbons (Fsp3) is 0.150. The molecule has 1 aliphatic rings. The molecule has 5 heteroatoms. The highest BCUT2D eigenvalue weighted by Crippen LogP contribution is 2.34. The second-order valence-electron chi connectivity index (χ2n) is 6.10. The van der Waals surface area contributed by atoms with Gasteiger partial charge in [-0.05, 0) is 54.8 Å². The number of phenols is 1. The molecular formula is C20H16FNO3. The van der Waals surface area contributed by atoms with Crippen LogP contribution in [0.15, 0.2) is 42.0 Å². The van der Waals surface area contributed by atoms with E-state index in [0.29, 0.717) is 35.1 Å². The number of nitrogens with one attached hydrogen (secondary N) is 1. The van der Waals surface area contributed by atoms with Crippen LogP contribution in [0, 0.1) is 5.82 Å². The van der Waals surface area contributed by atoms with Gasteiger partial charge in [-0.2, -0.15) is 0 Å². The molecule has 0 aliphatic heterocycles. The molecule has 2 aromatic carbocycles. The van der Waals surface area contributed by atoms with Crippen LogP contribution in [0.4, 0.5) is 4.39 Å². The highest BCUT2D eigenvalue weighted by molar-refractivity contribution is 6.19. The van der Waals surface area contributed by atoms with E-state index in [1.54, 1.807) is 30.3 Å². The smallest absolute Gasteiger partial charge is 0.191 e. The van der Waals surface area contributed by atoms with E-state index in [1.807, 2.05) is 0 Å². The topological polar surface area (TPSA) is 62.3 Å². The normalized spacial score (nSPS) is 15.6. The summed E-state index contributed by atoms with van der Waals surface area (Å²) in [4.78, 5) is 16.1. The third-order valence-corrected chi connectivity index (χ3v) is 4.55. The number of Topliss-reactive ketones (excluding diaryl/α,β-unsaturated/α-hetero) is 1. The number of methoxy groups -OCH3 is 1. The van der Waals surface area contributed by atoms with Crippen LogP contribution in [0.3, 0.4) is 0 Å². The molecule has 0 saturated heterocycles. The van der Waals surface area contributed by atoms with Crippen LogP contribution >= 0.6 is 0 Å². The molecule has 1 aromatic heterocycles. The van der Waals surface area contributed by atoms with E-state index in [1.165, 1.54) is 19.2 Å². The Morgan fingerprint density at radius 1 is 1.20 bits per heavy atom. The lowest BCUT2D eigenvalue weighted by Crippen LogP contribution is -2.13. The molecule has 0 fully saturated rings. The van der Waals surface area contributed by atoms with Crippen molar-refractivity contribution in [2.45, 2.75) is 12.8 Å². The predicted octanol–water partition coefficient (Wildman–Crippen LogP) is 4.23. The van der Waals surface area contributed by atoms with Crippen LogP contribution in [0.25, 0.3) is 17.0 Å². The van der Waals surface area contributed by atoms with Gasteiger partial charge in [0.2, 0.25) is 0 Å². The van der Waals surface area contributed by atoms with Crippen molar-refractivity contribution in [1.82, 2.24) is 4.98 Å². The van der Waals surface area contributed by atoms with Gasteiger partial charge in [0, 0.05) is 22.2 Å². The van der Waals surface area contributed by atoms with Gasteiger partial charge in [-0.25, -0.2) is 4.39 Å². The van der Waals surface area contributed by atoms with E-state index in [9.17, 15) is 14.3 Å². The Hall–Kier alpha value is -3.08. The second-order valence-corrected chi connectivity index (χ2v) is 6.10. The van der Waals surface area contributed by atoms with Crippen molar-refractivity contribution in [3.05, 3.63) is 64.6 Å². The average Bonchev–Trinajstić information content (AvgIpc) is 2.96. The van der Waals surface area contributed by atoms with E-state index < -0.39 is 0 Å². The number of hydrogen-bond acceptors (Lipinski definition) is 3. The predicted molar refractivity (Wildman–Crippen MR) is 93.5 cm³/mol. The molecule has 3 aromatic rings. The van der Waals surface area contributed by atoms with Gasteiger partial charge >= 0.3 is 0 Å². The molecule has 0 unspecified atom stereocenters. The minimum absolute atomic E-state index is 0.0231. The molecule has 4 nitrogen and oxygen atoms in total. The zero-order chi connectivity index (χ0) is 17.6. The molecule has 2 N–H and O–H groups in total. The maximum atomic E-state index is 13.6. The molecule has 0 saturated carbocycles. The van der Waals surface area contributed by atoms with Crippen molar-refractivity contribution in [2.24, 2.45) is 0 Å². The number of aromatic amines is 1. The lowest BCUT2D eigenvalue weighted by molar-refractivity contribution is 0.102. The summed E-state index contributed by atoms with van der Waals surface area (Å²) in [5.41, 5.74) is 3.52. The number of H-pyrrole nitrogens is 1. The van der Waals surface area contributed by atoms with Gasteiger partial charge in [0.15, 0.2) is 17.3 Å². The van der Waals surface area contributed by atoms with Crippen molar-refractivity contribution in [3.63, 3.8) is 0 Å². The maximum absolute atomic E-state index is 13.6. The molecule has 126 valence electrons. The second kappa shape index (κ2) is 5.77. The summed E-state index contributed by atoms with van der Waals surface area (Å²) in [5.74, 6) is -0.0619. The van der Waals surface area contributed by atoms with E-state index in [2.05, 4.69) is 4.98 Å². The fourth-order valence-corrected chi connectivity index (χ4v) is 3.34. The number of aryl methyl sites for hydroxylation is 1. The molecule has 25 heavy (non-hydrogen) atoms. The number of ether oxygens (including phenoxy) is 1. The van der Waals surface area contributed by atoms with Crippen LogP contribution in [0.5, 0.6) is 11.5 Å². The Labute approximate surface area is 143 Å². The number of allylic oxidation sites excluding steroid dienone is 1. The number of carbonyl (C=O) groups is 1. The fourth-order valence-electron chi connectivity index (χ4n) is 3.34. The van der Waals surface area contributed by atoms with Gasteiger partial charge in [-0.1, -0.05) is 6.07 Å². The zero-order valence-electron chi connectivity index (χ0n) is 13.6. The number of aromatic hydroxyl groups is 1. The van der Waals surface area contributed by atoms with Gasteiger partial charge in [0.25, 0.3) is 0 Å². The Bertz CT molecular complexity index is 1030. The number of fused-ring (bicyclic) bond motifs is 3. The van der Waals surface area contributed by atoms with Crippen LogP contribution in [0.1, 0.15) is 28.0 Å². The monoisotopic (exact) mass is 337 g/mol. The van der Waals surface area contributed by atoms with Crippen LogP contribution in [0.2, 0.25) is 0 Å². The quantitative estimate of drug-likeness (QED) is 0.688. The molecule has 4 rings (SSSR count). The first kappa shape index (κ1) is 15.4. The summed E-state index contributed by atoms with van der Waals surface area (Å²) in [6.45, 7) is 0. The van der Waals surface area contributed by atoms with Crippen molar-refractivity contribution in [2.75, 3.05) is 7.11 Å². The summed E-state index contributed by atoms with van der Waals surface area (Å²) in [5, 5.41) is 10.5. The molecule has 0 spiro atoms. The average molecular weight is 337 g/mol. The number of hydrogen-bond donors (Lipinski definition) is 2. The summed E-state index contributed by atoms with van der Waals surface area (Å²) in [7, 11) is 1.48. The lowest BCUT2D eigenvalue weighted by Gasteiger charge is -2.14. The minimum atomic E-state index is -0.363. The number of carbonyl (C=O) groups excluding carboxylic acids is 1. The lowest BCUT2D eigenvalue weighted by atomic mass is 9.88. The molecule has 1 aliphatic carbocycles. The minimum Gasteiger partial charge on any atom is -0.504 e. The van der Waals surface area contributed by atoms with Crippen LogP contribution in [-0.2, 0) is 6.42 Å². The van der Waals surface area contributed by atoms with Crippen LogP contribution in [-0.4, -0.2) is 23.0 Å². The zero-order valence-corrected chi connectivity index (χ0v) is 13.6. The SMILES string of the molecule is COc1ccc(/C=C2/CCc3[nH]c4ccc(F)cc4c3C2=O)cc1O. The summed E-state index contributed by atoms with van der Waals surface area (Å²) < 4.78 is 18.6. The number of aromatic nitrogens is 1. The molecule has 0 radical (unpaired) electrons. The summed E-state index contributed by atoms with van der Waals surface area (Å²) >= 11 is 0.